The highest BCUT2D eigenvalue weighted by Gasteiger charge is 2.32. The van der Waals surface area contributed by atoms with Crippen molar-refractivity contribution in [3.63, 3.8) is 0 Å². The van der Waals surface area contributed by atoms with Crippen LogP contribution in [0.4, 0.5) is 4.79 Å². The maximum atomic E-state index is 10.6. The monoisotopic (exact) mass is 201 g/mol. The van der Waals surface area contributed by atoms with Crippen LogP contribution in [-0.4, -0.2) is 16.7 Å². The molecule has 84 valence electrons. The second kappa shape index (κ2) is 4.67. The molecule has 0 spiro atoms. The summed E-state index contributed by atoms with van der Waals surface area (Å²) >= 11 is 0. The molecule has 3 heteroatoms. The Labute approximate surface area is 86.9 Å². The summed E-state index contributed by atoms with van der Waals surface area (Å²) in [7, 11) is 0. The fraction of sp³-hybridized carbons (Fsp3) is 0.909. The molecule has 0 aromatic heterocycles. The van der Waals surface area contributed by atoms with Gasteiger partial charge in [0, 0.05) is 5.54 Å². The van der Waals surface area contributed by atoms with Gasteiger partial charge in [0.1, 0.15) is 0 Å². The van der Waals surface area contributed by atoms with E-state index in [4.69, 9.17) is 5.11 Å². The van der Waals surface area contributed by atoms with Gasteiger partial charge in [0.05, 0.1) is 0 Å². The van der Waals surface area contributed by atoms with Gasteiger partial charge < -0.3 is 10.4 Å². The standard InChI is InChI=1S/C11H23NO2/c1-7(2)8(3)9(4)11(5,6)12-10(13)14/h7-9,12H,1-6H3,(H,13,14). The molecule has 0 aromatic rings. The van der Waals surface area contributed by atoms with Gasteiger partial charge in [-0.05, 0) is 31.6 Å². The van der Waals surface area contributed by atoms with Crippen molar-refractivity contribution in [2.75, 3.05) is 0 Å². The Balaban J connectivity index is 4.48. The first-order chi connectivity index (χ1) is 6.18. The lowest BCUT2D eigenvalue weighted by Crippen LogP contribution is -2.50. The number of carbonyl (C=O) groups is 1. The molecular weight excluding hydrogens is 178 g/mol. The molecule has 0 aliphatic rings. The fourth-order valence-electron chi connectivity index (χ4n) is 1.62. The molecule has 0 bridgehead atoms. The Hall–Kier alpha value is -0.730. The first kappa shape index (κ1) is 13.3. The van der Waals surface area contributed by atoms with Gasteiger partial charge in [-0.15, -0.1) is 0 Å². The van der Waals surface area contributed by atoms with Crippen LogP contribution < -0.4 is 5.32 Å². The van der Waals surface area contributed by atoms with Gasteiger partial charge in [0.15, 0.2) is 0 Å². The highest BCUT2D eigenvalue weighted by molar-refractivity contribution is 5.65. The number of nitrogens with one attached hydrogen (secondary N) is 1. The molecule has 14 heavy (non-hydrogen) atoms. The third-order valence-corrected chi connectivity index (χ3v) is 3.41. The Bertz CT molecular complexity index is 199. The predicted molar refractivity (Wildman–Crippen MR) is 58.4 cm³/mol. The third kappa shape index (κ3) is 3.56. The number of amides is 1. The Morgan fingerprint density at radius 1 is 1.21 bits per heavy atom. The minimum absolute atomic E-state index is 0.318. The van der Waals surface area contributed by atoms with Crippen LogP contribution in [0.1, 0.15) is 41.5 Å². The summed E-state index contributed by atoms with van der Waals surface area (Å²) in [5.74, 6) is 1.38. The van der Waals surface area contributed by atoms with Crippen molar-refractivity contribution in [1.29, 1.82) is 0 Å². The summed E-state index contributed by atoms with van der Waals surface area (Å²) in [4.78, 5) is 10.6. The SMILES string of the molecule is CC(C)C(C)C(C)C(C)(C)NC(=O)O. The highest BCUT2D eigenvalue weighted by atomic mass is 16.4. The lowest BCUT2D eigenvalue weighted by molar-refractivity contribution is 0.142. The van der Waals surface area contributed by atoms with E-state index in [1.54, 1.807) is 0 Å². The summed E-state index contributed by atoms with van der Waals surface area (Å²) in [5.41, 5.74) is -0.366. The van der Waals surface area contributed by atoms with Gasteiger partial charge in [0.2, 0.25) is 0 Å². The van der Waals surface area contributed by atoms with E-state index in [-0.39, 0.29) is 5.54 Å². The van der Waals surface area contributed by atoms with Crippen molar-refractivity contribution in [3.8, 4) is 0 Å². The van der Waals surface area contributed by atoms with Crippen LogP contribution in [0.3, 0.4) is 0 Å². The van der Waals surface area contributed by atoms with E-state index in [1.807, 2.05) is 13.8 Å². The lowest BCUT2D eigenvalue weighted by atomic mass is 9.75. The molecule has 0 aromatic carbocycles. The topological polar surface area (TPSA) is 49.3 Å². The van der Waals surface area contributed by atoms with Crippen LogP contribution in [-0.2, 0) is 0 Å². The van der Waals surface area contributed by atoms with Gasteiger partial charge in [0.25, 0.3) is 0 Å². The van der Waals surface area contributed by atoms with Crippen molar-refractivity contribution in [2.24, 2.45) is 17.8 Å². The molecule has 2 N–H and O–H groups in total. The van der Waals surface area contributed by atoms with Crippen LogP contribution in [0, 0.1) is 17.8 Å². The van der Waals surface area contributed by atoms with Crippen LogP contribution in [0.15, 0.2) is 0 Å². The molecule has 0 heterocycles. The predicted octanol–water partition coefficient (Wildman–Crippen LogP) is 2.96. The summed E-state index contributed by atoms with van der Waals surface area (Å²) in [6.07, 6.45) is -0.946. The van der Waals surface area contributed by atoms with Crippen LogP contribution >= 0.6 is 0 Å². The summed E-state index contributed by atoms with van der Waals surface area (Å²) in [5, 5.41) is 11.3. The molecule has 0 aliphatic heterocycles. The van der Waals surface area contributed by atoms with E-state index in [2.05, 4.69) is 33.0 Å². The van der Waals surface area contributed by atoms with Gasteiger partial charge in [-0.2, -0.15) is 0 Å². The average molecular weight is 201 g/mol. The first-order valence-electron chi connectivity index (χ1n) is 5.19. The zero-order chi connectivity index (χ0) is 11.5. The second-order valence-corrected chi connectivity index (χ2v) is 5.04. The molecule has 0 saturated heterocycles. The smallest absolute Gasteiger partial charge is 0.405 e. The molecule has 1 amide bonds. The second-order valence-electron chi connectivity index (χ2n) is 5.04. The van der Waals surface area contributed by atoms with Crippen molar-refractivity contribution in [1.82, 2.24) is 5.32 Å². The summed E-state index contributed by atoms with van der Waals surface area (Å²) in [6, 6.07) is 0. The van der Waals surface area contributed by atoms with Crippen molar-refractivity contribution in [2.45, 2.75) is 47.1 Å². The Kier molecular flexibility index (Phi) is 4.43. The largest absolute Gasteiger partial charge is 0.465 e. The zero-order valence-corrected chi connectivity index (χ0v) is 10.1. The van der Waals surface area contributed by atoms with Gasteiger partial charge in [-0.3, -0.25) is 0 Å². The van der Waals surface area contributed by atoms with Gasteiger partial charge in [-0.25, -0.2) is 4.79 Å². The van der Waals surface area contributed by atoms with E-state index in [0.717, 1.165) is 0 Å². The average Bonchev–Trinajstić information content (AvgIpc) is 1.99. The molecular formula is C11H23NO2. The summed E-state index contributed by atoms with van der Waals surface area (Å²) in [6.45, 7) is 12.5. The minimum Gasteiger partial charge on any atom is -0.465 e. The van der Waals surface area contributed by atoms with Crippen LogP contribution in [0.5, 0.6) is 0 Å². The van der Waals surface area contributed by atoms with Crippen molar-refractivity contribution >= 4 is 6.09 Å². The van der Waals surface area contributed by atoms with E-state index in [9.17, 15) is 4.79 Å². The number of hydrogen-bond acceptors (Lipinski definition) is 1. The van der Waals surface area contributed by atoms with Crippen LogP contribution in [0.25, 0.3) is 0 Å². The third-order valence-electron chi connectivity index (χ3n) is 3.41. The van der Waals surface area contributed by atoms with Crippen LogP contribution in [0.2, 0.25) is 0 Å². The molecule has 0 rings (SSSR count). The van der Waals surface area contributed by atoms with E-state index in [1.165, 1.54) is 0 Å². The number of hydrogen-bond donors (Lipinski definition) is 2. The fourth-order valence-corrected chi connectivity index (χ4v) is 1.62. The number of rotatable bonds is 4. The Morgan fingerprint density at radius 3 is 1.93 bits per heavy atom. The van der Waals surface area contributed by atoms with Crippen molar-refractivity contribution < 1.29 is 9.90 Å². The van der Waals surface area contributed by atoms with Gasteiger partial charge in [-0.1, -0.05) is 27.7 Å². The van der Waals surface area contributed by atoms with Crippen molar-refractivity contribution in [3.05, 3.63) is 0 Å². The first-order valence-corrected chi connectivity index (χ1v) is 5.19. The normalized spacial score (nSPS) is 16.5. The molecule has 0 saturated carbocycles. The summed E-state index contributed by atoms with van der Waals surface area (Å²) < 4.78 is 0. The minimum atomic E-state index is -0.946. The van der Waals surface area contributed by atoms with E-state index in [0.29, 0.717) is 17.8 Å². The van der Waals surface area contributed by atoms with Gasteiger partial charge >= 0.3 is 6.09 Å². The maximum absolute atomic E-state index is 10.6. The lowest BCUT2D eigenvalue weighted by Gasteiger charge is -2.37. The molecule has 0 fully saturated rings. The quantitative estimate of drug-likeness (QED) is 0.734. The van der Waals surface area contributed by atoms with E-state index < -0.39 is 6.09 Å². The number of carboxylic acid groups (broad SMARTS) is 1. The maximum Gasteiger partial charge on any atom is 0.405 e. The molecule has 0 radical (unpaired) electrons. The molecule has 2 atom stereocenters. The van der Waals surface area contributed by atoms with E-state index >= 15 is 0 Å². The molecule has 3 nitrogen and oxygen atoms in total. The zero-order valence-electron chi connectivity index (χ0n) is 10.1. The highest BCUT2D eigenvalue weighted by Crippen LogP contribution is 2.29. The molecule has 2 unspecified atom stereocenters. The Morgan fingerprint density at radius 2 is 1.64 bits per heavy atom. The molecule has 0 aliphatic carbocycles.